The van der Waals surface area contributed by atoms with Crippen LogP contribution in [0.1, 0.15) is 41.3 Å². The Morgan fingerprint density at radius 1 is 1.07 bits per heavy atom. The summed E-state index contributed by atoms with van der Waals surface area (Å²) in [5.74, 6) is 0.244. The van der Waals surface area contributed by atoms with Crippen molar-refractivity contribution in [2.24, 2.45) is 0 Å². The van der Waals surface area contributed by atoms with Crippen molar-refractivity contribution in [1.29, 1.82) is 0 Å². The summed E-state index contributed by atoms with van der Waals surface area (Å²) >= 11 is 0. The number of carbonyl (C=O) groups is 3. The average Bonchev–Trinajstić information content (AvgIpc) is 3.39. The number of hydrogen-bond donors (Lipinski definition) is 3. The maximum atomic E-state index is 13.7. The molecule has 1 aliphatic heterocycles. The maximum absolute atomic E-state index is 13.7. The van der Waals surface area contributed by atoms with Gasteiger partial charge in [0.15, 0.2) is 11.5 Å². The van der Waals surface area contributed by atoms with Gasteiger partial charge in [-0.3, -0.25) is 14.4 Å². The van der Waals surface area contributed by atoms with Crippen molar-refractivity contribution in [3.63, 3.8) is 0 Å². The van der Waals surface area contributed by atoms with Gasteiger partial charge in [-0.25, -0.2) is 0 Å². The second-order valence-electron chi connectivity index (χ2n) is 10.6. The molecule has 4 atom stereocenters. The Hall–Kier alpha value is -4.35. The Kier molecular flexibility index (Phi) is 10.1. The number of ether oxygens (including phenoxy) is 4. The predicted octanol–water partition coefficient (Wildman–Crippen LogP) is 2.18. The Morgan fingerprint density at radius 2 is 1.81 bits per heavy atom. The van der Waals surface area contributed by atoms with E-state index in [1.807, 2.05) is 6.07 Å². The number of rotatable bonds is 12. The Labute approximate surface area is 250 Å². The van der Waals surface area contributed by atoms with Crippen LogP contribution in [0, 0.1) is 0 Å². The van der Waals surface area contributed by atoms with Crippen LogP contribution >= 0.6 is 0 Å². The fourth-order valence-corrected chi connectivity index (χ4v) is 5.61. The Bertz CT molecular complexity index is 1430. The van der Waals surface area contributed by atoms with E-state index in [1.54, 1.807) is 52.3 Å². The molecule has 3 N–H and O–H groups in total. The first kappa shape index (κ1) is 31.6. The van der Waals surface area contributed by atoms with E-state index >= 15 is 0 Å². The van der Waals surface area contributed by atoms with Crippen molar-refractivity contribution in [3.8, 4) is 23.0 Å². The summed E-state index contributed by atoms with van der Waals surface area (Å²) in [5, 5.41) is 23.8. The molecule has 2 aromatic carbocycles. The van der Waals surface area contributed by atoms with Gasteiger partial charge in [-0.1, -0.05) is 5.57 Å². The van der Waals surface area contributed by atoms with Gasteiger partial charge in [-0.2, -0.15) is 0 Å². The van der Waals surface area contributed by atoms with Crippen molar-refractivity contribution in [2.45, 2.75) is 44.4 Å². The highest BCUT2D eigenvalue weighted by Crippen LogP contribution is 2.51. The number of hydrogen-bond acceptors (Lipinski definition) is 9. The largest absolute Gasteiger partial charge is 0.497 e. The fraction of sp³-hybridized carbons (Fsp3) is 0.406. The number of nitrogens with zero attached hydrogens (tertiary/aromatic N) is 1. The number of fused-ring (bicyclic) bond motifs is 3. The van der Waals surface area contributed by atoms with E-state index < -0.39 is 30.1 Å². The highest BCUT2D eigenvalue weighted by molar-refractivity contribution is 5.97. The smallest absolute Gasteiger partial charge is 0.247 e. The van der Waals surface area contributed by atoms with Gasteiger partial charge >= 0.3 is 0 Å². The maximum Gasteiger partial charge on any atom is 0.247 e. The summed E-state index contributed by atoms with van der Waals surface area (Å²) in [6, 6.07) is 7.56. The minimum absolute atomic E-state index is 0.00222. The van der Waals surface area contributed by atoms with Crippen LogP contribution in [0.2, 0.25) is 0 Å². The molecule has 0 spiro atoms. The molecule has 230 valence electrons. The molecule has 0 saturated heterocycles. The van der Waals surface area contributed by atoms with Gasteiger partial charge in [-0.15, -0.1) is 0 Å². The number of aliphatic hydroxyl groups excluding tert-OH is 2. The van der Waals surface area contributed by atoms with Gasteiger partial charge in [0.1, 0.15) is 30.0 Å². The van der Waals surface area contributed by atoms with Crippen molar-refractivity contribution in [2.75, 3.05) is 41.0 Å². The SMILES string of the molecule is COc1ccc(OC)c(CCN(C(=O)C=C(C)C)[C@@H]2C=C(C(=O)NCCO)[C@@H]3c4cc(C=O)cc(OC)c4O[C@@H]3[C@H]2O)c1. The number of aliphatic hydroxyl groups is 2. The molecule has 0 radical (unpaired) electrons. The summed E-state index contributed by atoms with van der Waals surface area (Å²) < 4.78 is 22.6. The van der Waals surface area contributed by atoms with E-state index in [0.717, 1.165) is 11.1 Å². The van der Waals surface area contributed by atoms with Crippen molar-refractivity contribution >= 4 is 18.1 Å². The molecule has 2 amide bonds. The molecule has 0 saturated carbocycles. The van der Waals surface area contributed by atoms with Crippen LogP contribution in [0.3, 0.4) is 0 Å². The van der Waals surface area contributed by atoms with E-state index in [0.29, 0.717) is 41.1 Å². The summed E-state index contributed by atoms with van der Waals surface area (Å²) in [4.78, 5) is 40.4. The van der Waals surface area contributed by atoms with Gasteiger partial charge in [0.25, 0.3) is 0 Å². The minimum atomic E-state index is -1.25. The number of allylic oxidation sites excluding steroid dienone is 1. The third-order valence-electron chi connectivity index (χ3n) is 7.58. The molecule has 2 aliphatic rings. The molecule has 11 nitrogen and oxygen atoms in total. The van der Waals surface area contributed by atoms with Gasteiger partial charge in [-0.05, 0) is 62.2 Å². The van der Waals surface area contributed by atoms with Gasteiger partial charge < -0.3 is 39.4 Å². The monoisotopic (exact) mass is 594 g/mol. The highest BCUT2D eigenvalue weighted by atomic mass is 16.5. The lowest BCUT2D eigenvalue weighted by Crippen LogP contribution is -2.56. The van der Waals surface area contributed by atoms with Crippen LogP contribution in [0.15, 0.2) is 53.6 Å². The van der Waals surface area contributed by atoms with Crippen LogP contribution in [0.5, 0.6) is 23.0 Å². The molecule has 2 aromatic rings. The zero-order valence-corrected chi connectivity index (χ0v) is 25.0. The second-order valence-corrected chi connectivity index (χ2v) is 10.6. The number of carbonyl (C=O) groups excluding carboxylic acids is 3. The lowest BCUT2D eigenvalue weighted by Gasteiger charge is -2.40. The zero-order valence-electron chi connectivity index (χ0n) is 25.0. The predicted molar refractivity (Wildman–Crippen MR) is 158 cm³/mol. The normalized spacial score (nSPS) is 20.0. The van der Waals surface area contributed by atoms with E-state index in [-0.39, 0.29) is 36.9 Å². The van der Waals surface area contributed by atoms with E-state index in [2.05, 4.69) is 5.32 Å². The molecule has 11 heteroatoms. The van der Waals surface area contributed by atoms with E-state index in [4.69, 9.17) is 18.9 Å². The molecule has 0 fully saturated rings. The number of amides is 2. The molecule has 43 heavy (non-hydrogen) atoms. The number of benzene rings is 2. The summed E-state index contributed by atoms with van der Waals surface area (Å²) in [7, 11) is 4.56. The molecular formula is C32H38N2O9. The van der Waals surface area contributed by atoms with Crippen LogP contribution in [-0.2, 0) is 16.0 Å². The van der Waals surface area contributed by atoms with Gasteiger partial charge in [0, 0.05) is 35.9 Å². The third kappa shape index (κ3) is 6.52. The lowest BCUT2D eigenvalue weighted by molar-refractivity contribution is -0.132. The lowest BCUT2D eigenvalue weighted by atomic mass is 9.77. The topological polar surface area (TPSA) is 144 Å². The molecular weight excluding hydrogens is 556 g/mol. The zero-order chi connectivity index (χ0) is 31.3. The molecule has 1 aliphatic carbocycles. The highest BCUT2D eigenvalue weighted by Gasteiger charge is 2.51. The van der Waals surface area contributed by atoms with E-state index in [9.17, 15) is 24.6 Å². The molecule has 0 aromatic heterocycles. The summed E-state index contributed by atoms with van der Waals surface area (Å²) in [5.41, 5.74) is 2.63. The first-order valence-electron chi connectivity index (χ1n) is 14.0. The number of methoxy groups -OCH3 is 3. The third-order valence-corrected chi connectivity index (χ3v) is 7.58. The quantitative estimate of drug-likeness (QED) is 0.249. The van der Waals surface area contributed by atoms with Crippen molar-refractivity contribution in [3.05, 3.63) is 70.3 Å². The number of aldehydes is 1. The molecule has 4 rings (SSSR count). The second kappa shape index (κ2) is 13.7. The minimum Gasteiger partial charge on any atom is -0.497 e. The average molecular weight is 595 g/mol. The van der Waals surface area contributed by atoms with Crippen LogP contribution < -0.4 is 24.3 Å². The fourth-order valence-electron chi connectivity index (χ4n) is 5.61. The summed E-state index contributed by atoms with van der Waals surface area (Å²) in [6.45, 7) is 3.49. The van der Waals surface area contributed by atoms with Crippen LogP contribution in [0.4, 0.5) is 0 Å². The van der Waals surface area contributed by atoms with Gasteiger partial charge in [0.05, 0.1) is 39.9 Å². The Morgan fingerprint density at radius 3 is 2.44 bits per heavy atom. The van der Waals surface area contributed by atoms with Gasteiger partial charge in [0.2, 0.25) is 11.8 Å². The van der Waals surface area contributed by atoms with E-state index in [1.165, 1.54) is 24.2 Å². The first-order valence-corrected chi connectivity index (χ1v) is 14.0. The molecule has 1 heterocycles. The molecule has 0 unspecified atom stereocenters. The summed E-state index contributed by atoms with van der Waals surface area (Å²) in [6.07, 6.45) is 1.86. The van der Waals surface area contributed by atoms with Crippen molar-refractivity contribution in [1.82, 2.24) is 10.2 Å². The van der Waals surface area contributed by atoms with Crippen LogP contribution in [0.25, 0.3) is 0 Å². The standard InChI is InChI=1S/C32H38N2O9/c1-18(2)12-27(37)34(10-8-20-15-21(40-3)6-7-25(20)41-4)24-16-23(32(39)33-9-11-35)28-22-13-19(17-36)14-26(42-5)30(22)43-31(28)29(24)38/h6-7,12-17,24,28-29,31,35,38H,8-11H2,1-5H3,(H,33,39)/t24-,28+,29+,31+/m1/s1. The first-order chi connectivity index (χ1) is 20.7. The Balaban J connectivity index is 1.80. The van der Waals surface area contributed by atoms with Crippen LogP contribution in [-0.4, -0.2) is 92.5 Å². The van der Waals surface area contributed by atoms with Crippen molar-refractivity contribution < 1.29 is 43.5 Å². The number of nitrogens with one attached hydrogen (secondary N) is 1. The molecule has 0 bridgehead atoms.